The van der Waals surface area contributed by atoms with Crippen molar-refractivity contribution in [3.63, 3.8) is 0 Å². The number of hydrogen-bond acceptors (Lipinski definition) is 4. The molecule has 0 aromatic carbocycles. The summed E-state index contributed by atoms with van der Waals surface area (Å²) in [6.07, 6.45) is 7.56. The van der Waals surface area contributed by atoms with E-state index in [-0.39, 0.29) is 5.92 Å². The minimum atomic E-state index is 0.262. The van der Waals surface area contributed by atoms with Gasteiger partial charge in [0.2, 0.25) is 5.89 Å². The summed E-state index contributed by atoms with van der Waals surface area (Å²) in [4.78, 5) is 0. The monoisotopic (exact) mass is 232 g/mol. The number of hydrogen-bond donors (Lipinski definition) is 0. The third-order valence-electron chi connectivity index (χ3n) is 3.23. The first-order valence-electron chi connectivity index (χ1n) is 6.12. The van der Waals surface area contributed by atoms with Crippen molar-refractivity contribution in [1.82, 2.24) is 20.0 Å². The lowest BCUT2D eigenvalue weighted by Crippen LogP contribution is -2.16. The molecule has 0 aliphatic heterocycles. The van der Waals surface area contributed by atoms with E-state index in [2.05, 4.69) is 15.3 Å². The summed E-state index contributed by atoms with van der Waals surface area (Å²) in [5.41, 5.74) is 0.913. The summed E-state index contributed by atoms with van der Waals surface area (Å²) < 4.78 is 7.61. The fourth-order valence-electron chi connectivity index (χ4n) is 1.88. The standard InChI is InChI=1S/C12H16N4O/c1-8(2)11-14-15-12(17-11)9-6-13-16(7-9)10-4-3-5-10/h6-8,10H,3-5H2,1-2H3. The van der Waals surface area contributed by atoms with Gasteiger partial charge >= 0.3 is 0 Å². The molecular formula is C12H16N4O. The van der Waals surface area contributed by atoms with Crippen LogP contribution in [0.4, 0.5) is 0 Å². The Labute approximate surface area is 99.8 Å². The molecule has 2 heterocycles. The van der Waals surface area contributed by atoms with Gasteiger partial charge in [0.25, 0.3) is 5.89 Å². The van der Waals surface area contributed by atoms with E-state index in [0.29, 0.717) is 17.8 Å². The van der Waals surface area contributed by atoms with E-state index in [1.54, 1.807) is 6.20 Å². The van der Waals surface area contributed by atoms with E-state index < -0.39 is 0 Å². The summed E-state index contributed by atoms with van der Waals surface area (Å²) >= 11 is 0. The summed E-state index contributed by atoms with van der Waals surface area (Å²) in [5.74, 6) is 1.51. The quantitative estimate of drug-likeness (QED) is 0.816. The Kier molecular flexibility index (Phi) is 2.46. The van der Waals surface area contributed by atoms with Gasteiger partial charge in [-0.25, -0.2) is 0 Å². The number of nitrogens with zero attached hydrogens (tertiary/aromatic N) is 4. The van der Waals surface area contributed by atoms with Gasteiger partial charge in [-0.15, -0.1) is 10.2 Å². The van der Waals surface area contributed by atoms with Crippen LogP contribution in [0.5, 0.6) is 0 Å². The highest BCUT2D eigenvalue weighted by molar-refractivity contribution is 5.49. The molecule has 0 unspecified atom stereocenters. The van der Waals surface area contributed by atoms with E-state index in [1.165, 1.54) is 19.3 Å². The largest absolute Gasteiger partial charge is 0.420 e. The van der Waals surface area contributed by atoms with Crippen LogP contribution in [-0.4, -0.2) is 20.0 Å². The molecule has 1 aliphatic carbocycles. The van der Waals surface area contributed by atoms with Crippen molar-refractivity contribution >= 4 is 0 Å². The third kappa shape index (κ3) is 1.85. The average molecular weight is 232 g/mol. The number of rotatable bonds is 3. The summed E-state index contributed by atoms with van der Waals surface area (Å²) in [7, 11) is 0. The molecule has 1 fully saturated rings. The van der Waals surface area contributed by atoms with Crippen LogP contribution in [0.1, 0.15) is 51.0 Å². The van der Waals surface area contributed by atoms with Gasteiger partial charge in [-0.05, 0) is 19.3 Å². The minimum Gasteiger partial charge on any atom is -0.420 e. The lowest BCUT2D eigenvalue weighted by molar-refractivity contribution is 0.289. The van der Waals surface area contributed by atoms with Gasteiger partial charge in [-0.1, -0.05) is 13.8 Å². The van der Waals surface area contributed by atoms with Gasteiger partial charge in [0.1, 0.15) is 0 Å². The molecule has 0 spiro atoms. The van der Waals surface area contributed by atoms with Gasteiger partial charge in [-0.3, -0.25) is 4.68 Å². The van der Waals surface area contributed by atoms with Crippen LogP contribution in [0.2, 0.25) is 0 Å². The molecule has 0 atom stereocenters. The molecule has 2 aromatic rings. The fraction of sp³-hybridized carbons (Fsp3) is 0.583. The van der Waals surface area contributed by atoms with E-state index in [1.807, 2.05) is 24.7 Å². The number of aromatic nitrogens is 4. The van der Waals surface area contributed by atoms with Crippen LogP contribution >= 0.6 is 0 Å². The summed E-state index contributed by atoms with van der Waals surface area (Å²) in [5, 5.41) is 12.4. The van der Waals surface area contributed by atoms with E-state index >= 15 is 0 Å². The predicted molar refractivity (Wildman–Crippen MR) is 62.5 cm³/mol. The Morgan fingerprint density at radius 2 is 2.18 bits per heavy atom. The first kappa shape index (κ1) is 10.5. The summed E-state index contributed by atoms with van der Waals surface area (Å²) in [6, 6.07) is 0.566. The van der Waals surface area contributed by atoms with Gasteiger partial charge in [-0.2, -0.15) is 5.10 Å². The Morgan fingerprint density at radius 1 is 1.35 bits per heavy atom. The van der Waals surface area contributed by atoms with Crippen LogP contribution < -0.4 is 0 Å². The van der Waals surface area contributed by atoms with Crippen LogP contribution in [0, 0.1) is 0 Å². The maximum Gasteiger partial charge on any atom is 0.250 e. The Hall–Kier alpha value is -1.65. The first-order chi connectivity index (χ1) is 8.24. The molecule has 0 amide bonds. The molecular weight excluding hydrogens is 216 g/mol. The second-order valence-corrected chi connectivity index (χ2v) is 4.89. The molecule has 3 rings (SSSR count). The van der Waals surface area contributed by atoms with Crippen molar-refractivity contribution in [2.24, 2.45) is 0 Å². The fourth-order valence-corrected chi connectivity index (χ4v) is 1.88. The maximum absolute atomic E-state index is 5.60. The van der Waals surface area contributed by atoms with Crippen molar-refractivity contribution in [2.75, 3.05) is 0 Å². The molecule has 0 radical (unpaired) electrons. The second kappa shape index (κ2) is 3.98. The highest BCUT2D eigenvalue weighted by Crippen LogP contribution is 2.32. The maximum atomic E-state index is 5.60. The molecule has 0 bridgehead atoms. The Bertz CT molecular complexity index is 510. The zero-order valence-corrected chi connectivity index (χ0v) is 10.1. The SMILES string of the molecule is CC(C)c1nnc(-c2cnn(C3CCC3)c2)o1. The minimum absolute atomic E-state index is 0.262. The second-order valence-electron chi connectivity index (χ2n) is 4.89. The van der Waals surface area contributed by atoms with E-state index in [4.69, 9.17) is 4.42 Å². The molecule has 5 heteroatoms. The lowest BCUT2D eigenvalue weighted by atomic mass is 9.93. The first-order valence-corrected chi connectivity index (χ1v) is 6.12. The highest BCUT2D eigenvalue weighted by atomic mass is 16.4. The topological polar surface area (TPSA) is 56.7 Å². The molecule has 5 nitrogen and oxygen atoms in total. The molecule has 1 aliphatic rings. The van der Waals surface area contributed by atoms with E-state index in [9.17, 15) is 0 Å². The van der Waals surface area contributed by atoms with Gasteiger partial charge in [0, 0.05) is 12.1 Å². The molecule has 0 saturated heterocycles. The zero-order chi connectivity index (χ0) is 11.8. The molecule has 2 aromatic heterocycles. The van der Waals surface area contributed by atoms with Gasteiger partial charge in [0.15, 0.2) is 0 Å². The van der Waals surface area contributed by atoms with E-state index in [0.717, 1.165) is 5.56 Å². The Morgan fingerprint density at radius 3 is 2.76 bits per heavy atom. The van der Waals surface area contributed by atoms with Crippen molar-refractivity contribution in [3.8, 4) is 11.5 Å². The van der Waals surface area contributed by atoms with Crippen LogP contribution in [-0.2, 0) is 0 Å². The van der Waals surface area contributed by atoms with Crippen molar-refractivity contribution in [3.05, 3.63) is 18.3 Å². The van der Waals surface area contributed by atoms with Crippen molar-refractivity contribution in [2.45, 2.75) is 45.1 Å². The van der Waals surface area contributed by atoms with Crippen molar-refractivity contribution < 1.29 is 4.42 Å². The average Bonchev–Trinajstić information content (AvgIpc) is 2.80. The third-order valence-corrected chi connectivity index (χ3v) is 3.23. The van der Waals surface area contributed by atoms with Gasteiger partial charge < -0.3 is 4.42 Å². The summed E-state index contributed by atoms with van der Waals surface area (Å²) in [6.45, 7) is 4.07. The van der Waals surface area contributed by atoms with Crippen molar-refractivity contribution in [1.29, 1.82) is 0 Å². The van der Waals surface area contributed by atoms with Gasteiger partial charge in [0.05, 0.1) is 17.8 Å². The van der Waals surface area contributed by atoms with Crippen LogP contribution in [0.15, 0.2) is 16.8 Å². The molecule has 1 saturated carbocycles. The zero-order valence-electron chi connectivity index (χ0n) is 10.1. The smallest absolute Gasteiger partial charge is 0.250 e. The molecule has 0 N–H and O–H groups in total. The molecule has 90 valence electrons. The normalized spacial score (nSPS) is 16.4. The molecule has 17 heavy (non-hydrogen) atoms. The van der Waals surface area contributed by atoms with Crippen LogP contribution in [0.3, 0.4) is 0 Å². The Balaban J connectivity index is 1.84. The highest BCUT2D eigenvalue weighted by Gasteiger charge is 2.21. The lowest BCUT2D eigenvalue weighted by Gasteiger charge is -2.25. The predicted octanol–water partition coefficient (Wildman–Crippen LogP) is 2.78. The van der Waals surface area contributed by atoms with Crippen LogP contribution in [0.25, 0.3) is 11.5 Å².